The molecule has 0 atom stereocenters. The lowest BCUT2D eigenvalue weighted by Crippen LogP contribution is -2.11. The molecule has 0 aliphatic rings. The highest BCUT2D eigenvalue weighted by Gasteiger charge is 2.11. The third-order valence-corrected chi connectivity index (χ3v) is 2.40. The quantitative estimate of drug-likeness (QED) is 0.817. The average Bonchev–Trinajstić information content (AvgIpc) is 2.77. The van der Waals surface area contributed by atoms with Crippen LogP contribution in [0.15, 0.2) is 30.5 Å². The number of aromatic nitrogens is 3. The van der Waals surface area contributed by atoms with Crippen molar-refractivity contribution >= 4 is 11.8 Å². The molecule has 0 unspecified atom stereocenters. The summed E-state index contributed by atoms with van der Waals surface area (Å²) in [6, 6.07) is 7.18. The molecule has 0 amide bonds. The van der Waals surface area contributed by atoms with E-state index >= 15 is 0 Å². The summed E-state index contributed by atoms with van der Waals surface area (Å²) in [5.74, 6) is -1.30. The Bertz CT molecular complexity index is 604. The van der Waals surface area contributed by atoms with Crippen molar-refractivity contribution in [2.24, 2.45) is 0 Å². The van der Waals surface area contributed by atoms with E-state index in [9.17, 15) is 9.59 Å². The van der Waals surface area contributed by atoms with Gasteiger partial charge in [-0.3, -0.25) is 4.79 Å². The molecule has 0 saturated carbocycles. The van der Waals surface area contributed by atoms with Gasteiger partial charge in [-0.1, -0.05) is 29.0 Å². The number of rotatable bonds is 4. The number of carboxylic acid groups (broad SMARTS) is 1. The minimum Gasteiger partial charge on any atom is -0.476 e. The molecule has 0 radical (unpaired) electrons. The molecule has 92 valence electrons. The van der Waals surface area contributed by atoms with Gasteiger partial charge >= 0.3 is 5.97 Å². The number of carboxylic acids is 1. The number of hydrogen-bond acceptors (Lipinski definition) is 4. The van der Waals surface area contributed by atoms with Gasteiger partial charge in [0.1, 0.15) is 6.54 Å². The number of carbonyl (C=O) groups excluding carboxylic acids is 1. The molecule has 2 aromatic rings. The molecule has 18 heavy (non-hydrogen) atoms. The smallest absolute Gasteiger partial charge is 0.358 e. The van der Waals surface area contributed by atoms with Gasteiger partial charge in [0.05, 0.1) is 6.20 Å². The van der Waals surface area contributed by atoms with Crippen molar-refractivity contribution in [3.63, 3.8) is 0 Å². The van der Waals surface area contributed by atoms with E-state index in [0.29, 0.717) is 5.56 Å². The largest absolute Gasteiger partial charge is 0.476 e. The Kier molecular flexibility index (Phi) is 3.18. The van der Waals surface area contributed by atoms with Gasteiger partial charge in [-0.25, -0.2) is 9.48 Å². The van der Waals surface area contributed by atoms with Crippen LogP contribution < -0.4 is 0 Å². The summed E-state index contributed by atoms with van der Waals surface area (Å²) in [4.78, 5) is 22.5. The monoisotopic (exact) mass is 245 g/mol. The van der Waals surface area contributed by atoms with Crippen molar-refractivity contribution in [3.8, 4) is 0 Å². The Morgan fingerprint density at radius 1 is 1.39 bits per heavy atom. The van der Waals surface area contributed by atoms with Crippen molar-refractivity contribution in [2.75, 3.05) is 0 Å². The lowest BCUT2D eigenvalue weighted by atomic mass is 10.1. The van der Waals surface area contributed by atoms with E-state index in [4.69, 9.17) is 5.11 Å². The Hall–Kier alpha value is -2.50. The number of hydrogen-bond donors (Lipinski definition) is 1. The molecule has 0 aliphatic carbocycles. The minimum absolute atomic E-state index is 0.0241. The zero-order valence-electron chi connectivity index (χ0n) is 9.70. The number of carbonyl (C=O) groups is 2. The Balaban J connectivity index is 2.13. The van der Waals surface area contributed by atoms with Gasteiger partial charge in [0.15, 0.2) is 11.5 Å². The third-order valence-electron chi connectivity index (χ3n) is 2.40. The molecule has 0 bridgehead atoms. The van der Waals surface area contributed by atoms with Crippen molar-refractivity contribution in [1.82, 2.24) is 15.0 Å². The summed E-state index contributed by atoms with van der Waals surface area (Å²) in [5.41, 5.74) is 1.39. The zero-order chi connectivity index (χ0) is 13.1. The Morgan fingerprint density at radius 2 is 2.17 bits per heavy atom. The molecule has 2 rings (SSSR count). The summed E-state index contributed by atoms with van der Waals surface area (Å²) in [6.45, 7) is 1.87. The van der Waals surface area contributed by atoms with Crippen LogP contribution in [0, 0.1) is 6.92 Å². The van der Waals surface area contributed by atoms with Crippen LogP contribution in [0.3, 0.4) is 0 Å². The van der Waals surface area contributed by atoms with Crippen LogP contribution in [0.2, 0.25) is 0 Å². The van der Waals surface area contributed by atoms with Crippen LogP contribution in [0.1, 0.15) is 26.4 Å². The van der Waals surface area contributed by atoms with Gasteiger partial charge in [0.25, 0.3) is 0 Å². The predicted octanol–water partition coefficient (Wildman–Crippen LogP) is 1.17. The minimum atomic E-state index is -1.16. The Morgan fingerprint density at radius 3 is 2.78 bits per heavy atom. The van der Waals surface area contributed by atoms with Crippen molar-refractivity contribution < 1.29 is 14.7 Å². The van der Waals surface area contributed by atoms with Gasteiger partial charge in [-0.2, -0.15) is 0 Å². The van der Waals surface area contributed by atoms with E-state index in [0.717, 1.165) is 5.56 Å². The molecule has 0 aliphatic heterocycles. The van der Waals surface area contributed by atoms with Crippen molar-refractivity contribution in [1.29, 1.82) is 0 Å². The summed E-state index contributed by atoms with van der Waals surface area (Å²) in [5, 5.41) is 15.7. The molecule has 6 nitrogen and oxygen atoms in total. The molecule has 1 aromatic heterocycles. The van der Waals surface area contributed by atoms with Crippen LogP contribution in [-0.4, -0.2) is 31.9 Å². The first-order valence-electron chi connectivity index (χ1n) is 5.29. The number of Topliss-reactive ketones (excluding diaryl/α,β-unsaturated/α-hetero) is 1. The van der Waals surface area contributed by atoms with Crippen LogP contribution in [-0.2, 0) is 6.54 Å². The van der Waals surface area contributed by atoms with Gasteiger partial charge in [-0.05, 0) is 13.0 Å². The number of ketones is 1. The highest BCUT2D eigenvalue weighted by molar-refractivity contribution is 5.96. The summed E-state index contributed by atoms with van der Waals surface area (Å²) in [7, 11) is 0. The fraction of sp³-hybridized carbons (Fsp3) is 0.167. The maximum absolute atomic E-state index is 11.9. The summed E-state index contributed by atoms with van der Waals surface area (Å²) < 4.78 is 1.22. The number of aryl methyl sites for hydroxylation is 1. The first kappa shape index (κ1) is 12.0. The summed E-state index contributed by atoms with van der Waals surface area (Å²) >= 11 is 0. The van der Waals surface area contributed by atoms with E-state index in [-0.39, 0.29) is 18.0 Å². The van der Waals surface area contributed by atoms with E-state index in [1.165, 1.54) is 10.9 Å². The molecule has 1 heterocycles. The van der Waals surface area contributed by atoms with E-state index < -0.39 is 5.97 Å². The maximum Gasteiger partial charge on any atom is 0.358 e. The number of benzene rings is 1. The summed E-state index contributed by atoms with van der Waals surface area (Å²) in [6.07, 6.45) is 1.23. The van der Waals surface area contributed by atoms with Gasteiger partial charge in [0, 0.05) is 5.56 Å². The second-order valence-electron chi connectivity index (χ2n) is 3.90. The first-order chi connectivity index (χ1) is 8.56. The van der Waals surface area contributed by atoms with E-state index in [1.54, 1.807) is 18.2 Å². The maximum atomic E-state index is 11.9. The molecule has 1 N–H and O–H groups in total. The highest BCUT2D eigenvalue weighted by atomic mass is 16.4. The van der Waals surface area contributed by atoms with Crippen molar-refractivity contribution in [3.05, 3.63) is 47.3 Å². The average molecular weight is 245 g/mol. The Labute approximate surface area is 103 Å². The third kappa shape index (κ3) is 2.60. The van der Waals surface area contributed by atoms with E-state index in [2.05, 4.69) is 10.3 Å². The number of aromatic carboxylic acids is 1. The fourth-order valence-electron chi connectivity index (χ4n) is 1.53. The second-order valence-corrected chi connectivity index (χ2v) is 3.90. The normalized spacial score (nSPS) is 10.3. The van der Waals surface area contributed by atoms with Crippen molar-refractivity contribution in [2.45, 2.75) is 13.5 Å². The van der Waals surface area contributed by atoms with E-state index in [1.807, 2.05) is 13.0 Å². The zero-order valence-corrected chi connectivity index (χ0v) is 9.70. The molecular formula is C12H11N3O3. The molecule has 1 aromatic carbocycles. The number of nitrogens with zero attached hydrogens (tertiary/aromatic N) is 3. The first-order valence-corrected chi connectivity index (χ1v) is 5.29. The van der Waals surface area contributed by atoms with Crippen LogP contribution in [0.25, 0.3) is 0 Å². The molecule has 0 saturated heterocycles. The van der Waals surface area contributed by atoms with Gasteiger partial charge in [-0.15, -0.1) is 5.10 Å². The fourth-order valence-corrected chi connectivity index (χ4v) is 1.53. The molecule has 0 fully saturated rings. The molecule has 6 heteroatoms. The SMILES string of the molecule is Cc1cccc(C(=O)Cn2cc(C(=O)O)nn2)c1. The van der Waals surface area contributed by atoms with Crippen LogP contribution >= 0.6 is 0 Å². The standard InChI is InChI=1S/C12H11N3O3/c1-8-3-2-4-9(5-8)11(16)7-15-6-10(12(17)18)13-14-15/h2-6H,7H2,1H3,(H,17,18). The topological polar surface area (TPSA) is 85.1 Å². The lowest BCUT2D eigenvalue weighted by molar-refractivity contribution is 0.0690. The van der Waals surface area contributed by atoms with Crippen LogP contribution in [0.4, 0.5) is 0 Å². The van der Waals surface area contributed by atoms with Gasteiger partial charge in [0.2, 0.25) is 0 Å². The highest BCUT2D eigenvalue weighted by Crippen LogP contribution is 2.06. The molecular weight excluding hydrogens is 234 g/mol. The molecule has 0 spiro atoms. The second kappa shape index (κ2) is 4.79. The predicted molar refractivity (Wildman–Crippen MR) is 62.5 cm³/mol. The van der Waals surface area contributed by atoms with Gasteiger partial charge < -0.3 is 5.11 Å². The van der Waals surface area contributed by atoms with Crippen LogP contribution in [0.5, 0.6) is 0 Å². The lowest BCUT2D eigenvalue weighted by Gasteiger charge is -2.01.